The van der Waals surface area contributed by atoms with Crippen molar-refractivity contribution in [1.82, 2.24) is 4.98 Å². The number of hydrogen-bond acceptors (Lipinski definition) is 2. The van der Waals surface area contributed by atoms with E-state index in [9.17, 15) is 13.2 Å². The van der Waals surface area contributed by atoms with Crippen LogP contribution >= 0.6 is 23.2 Å². The lowest BCUT2D eigenvalue weighted by molar-refractivity contribution is -0.125. The maximum absolute atomic E-state index is 13.1. The van der Waals surface area contributed by atoms with Crippen LogP contribution in [0, 0.1) is 5.82 Å². The fourth-order valence-corrected chi connectivity index (χ4v) is 2.37. The van der Waals surface area contributed by atoms with Gasteiger partial charge in [0.25, 0.3) is 5.92 Å². The van der Waals surface area contributed by atoms with Gasteiger partial charge in [0.2, 0.25) is 0 Å². The van der Waals surface area contributed by atoms with Crippen LogP contribution in [0.5, 0.6) is 0 Å². The van der Waals surface area contributed by atoms with Crippen LogP contribution in [0.1, 0.15) is 18.4 Å². The van der Waals surface area contributed by atoms with Gasteiger partial charge in [0, 0.05) is 18.4 Å². The molecular formula is C9H7Cl2F3N2. The number of nitrogens with zero attached hydrogens (tertiary/aromatic N) is 1. The molecule has 88 valence electrons. The molecule has 1 heterocycles. The minimum Gasteiger partial charge on any atom is -0.321 e. The number of rotatable bonds is 1. The van der Waals surface area contributed by atoms with Gasteiger partial charge in [-0.1, -0.05) is 23.2 Å². The van der Waals surface area contributed by atoms with Crippen molar-refractivity contribution in [2.75, 3.05) is 0 Å². The number of hydrogen-bond donors (Lipinski definition) is 1. The molecule has 1 aromatic heterocycles. The quantitative estimate of drug-likeness (QED) is 0.797. The molecule has 0 unspecified atom stereocenters. The van der Waals surface area contributed by atoms with Crippen molar-refractivity contribution in [3.63, 3.8) is 0 Å². The Morgan fingerprint density at radius 3 is 2.31 bits per heavy atom. The second-order valence-corrected chi connectivity index (χ2v) is 4.68. The van der Waals surface area contributed by atoms with Crippen LogP contribution in [0.4, 0.5) is 13.2 Å². The lowest BCUT2D eigenvalue weighted by atomic mass is 9.70. The molecular weight excluding hydrogens is 264 g/mol. The molecule has 7 heteroatoms. The summed E-state index contributed by atoms with van der Waals surface area (Å²) in [5.41, 5.74) is 4.46. The van der Waals surface area contributed by atoms with Crippen molar-refractivity contribution in [2.45, 2.75) is 24.3 Å². The summed E-state index contributed by atoms with van der Waals surface area (Å²) in [4.78, 5) is 3.50. The van der Waals surface area contributed by atoms with Gasteiger partial charge in [-0.3, -0.25) is 0 Å². The average Bonchev–Trinajstić information content (AvgIpc) is 2.07. The van der Waals surface area contributed by atoms with Crippen molar-refractivity contribution < 1.29 is 13.2 Å². The van der Waals surface area contributed by atoms with Crippen LogP contribution in [0.15, 0.2) is 6.07 Å². The summed E-state index contributed by atoms with van der Waals surface area (Å²) < 4.78 is 38.7. The molecule has 1 aromatic rings. The van der Waals surface area contributed by atoms with Crippen molar-refractivity contribution in [3.05, 3.63) is 27.8 Å². The largest absolute Gasteiger partial charge is 0.321 e. The third kappa shape index (κ3) is 1.87. The highest BCUT2D eigenvalue weighted by molar-refractivity contribution is 6.33. The predicted molar refractivity (Wildman–Crippen MR) is 54.3 cm³/mol. The molecule has 0 radical (unpaired) electrons. The Balaban J connectivity index is 2.39. The molecule has 2 nitrogen and oxygen atoms in total. The van der Waals surface area contributed by atoms with E-state index in [1.165, 1.54) is 0 Å². The molecule has 0 aliphatic heterocycles. The molecule has 2 rings (SSSR count). The lowest BCUT2D eigenvalue weighted by Crippen LogP contribution is -2.55. The van der Waals surface area contributed by atoms with E-state index in [4.69, 9.17) is 28.9 Å². The van der Waals surface area contributed by atoms with Crippen molar-refractivity contribution in [1.29, 1.82) is 0 Å². The molecule has 2 N–H and O–H groups in total. The highest BCUT2D eigenvalue weighted by Gasteiger charge is 2.56. The third-order valence-electron chi connectivity index (χ3n) is 2.57. The van der Waals surface area contributed by atoms with Crippen LogP contribution in [0.25, 0.3) is 0 Å². The van der Waals surface area contributed by atoms with Crippen LogP contribution in [-0.4, -0.2) is 10.9 Å². The van der Waals surface area contributed by atoms with Gasteiger partial charge < -0.3 is 5.73 Å². The standard InChI is InChI=1S/C9H7Cl2F3N2/c10-6-4(1-5(12)7(11)16-6)8(15)2-9(13,14)3-8/h1H,2-3,15H2. The van der Waals surface area contributed by atoms with Crippen LogP contribution < -0.4 is 5.73 Å². The Kier molecular flexibility index (Phi) is 2.60. The first kappa shape index (κ1) is 12.0. The molecule has 0 spiro atoms. The van der Waals surface area contributed by atoms with Gasteiger partial charge in [-0.05, 0) is 6.07 Å². The van der Waals surface area contributed by atoms with Gasteiger partial charge in [0.15, 0.2) is 11.0 Å². The molecule has 1 saturated carbocycles. The van der Waals surface area contributed by atoms with Crippen LogP contribution in [0.3, 0.4) is 0 Å². The SMILES string of the molecule is NC1(c2cc(F)c(Cl)nc2Cl)CC(F)(F)C1. The summed E-state index contributed by atoms with van der Waals surface area (Å²) in [5, 5.41) is -0.534. The summed E-state index contributed by atoms with van der Waals surface area (Å²) >= 11 is 11.1. The fourth-order valence-electron chi connectivity index (χ4n) is 1.86. The second kappa shape index (κ2) is 3.48. The molecule has 0 aromatic carbocycles. The zero-order valence-electron chi connectivity index (χ0n) is 7.91. The van der Waals surface area contributed by atoms with Gasteiger partial charge in [-0.15, -0.1) is 0 Å². The van der Waals surface area contributed by atoms with E-state index >= 15 is 0 Å². The van der Waals surface area contributed by atoms with Gasteiger partial charge in [0.05, 0.1) is 5.54 Å². The van der Waals surface area contributed by atoms with Gasteiger partial charge in [-0.2, -0.15) is 0 Å². The van der Waals surface area contributed by atoms with E-state index in [0.29, 0.717) is 0 Å². The molecule has 1 aliphatic carbocycles. The normalized spacial score (nSPS) is 21.6. The molecule has 1 aliphatic rings. The number of nitrogens with two attached hydrogens (primary N) is 1. The van der Waals surface area contributed by atoms with Crippen molar-refractivity contribution in [2.24, 2.45) is 5.73 Å². The van der Waals surface area contributed by atoms with Gasteiger partial charge in [-0.25, -0.2) is 18.2 Å². The molecule has 16 heavy (non-hydrogen) atoms. The summed E-state index contributed by atoms with van der Waals surface area (Å²) in [7, 11) is 0. The number of halogens is 5. The minimum atomic E-state index is -2.83. The van der Waals surface area contributed by atoms with E-state index < -0.39 is 35.3 Å². The Labute approximate surface area is 99.5 Å². The third-order valence-corrected chi connectivity index (χ3v) is 3.12. The van der Waals surface area contributed by atoms with Crippen molar-refractivity contribution >= 4 is 23.2 Å². The maximum Gasteiger partial charge on any atom is 0.252 e. The molecule has 0 atom stereocenters. The van der Waals surface area contributed by atoms with E-state index in [0.717, 1.165) is 6.07 Å². The lowest BCUT2D eigenvalue weighted by Gasteiger charge is -2.44. The predicted octanol–water partition coefficient (Wildman–Crippen LogP) is 3.11. The first-order valence-electron chi connectivity index (χ1n) is 4.42. The highest BCUT2D eigenvalue weighted by atomic mass is 35.5. The van der Waals surface area contributed by atoms with Gasteiger partial charge in [0.1, 0.15) is 5.15 Å². The highest BCUT2D eigenvalue weighted by Crippen LogP contribution is 2.51. The van der Waals surface area contributed by atoms with E-state index in [1.807, 2.05) is 0 Å². The van der Waals surface area contributed by atoms with Crippen molar-refractivity contribution in [3.8, 4) is 0 Å². The van der Waals surface area contributed by atoms with E-state index in [1.54, 1.807) is 0 Å². The smallest absolute Gasteiger partial charge is 0.252 e. The Bertz CT molecular complexity index is 443. The Morgan fingerprint density at radius 1 is 1.25 bits per heavy atom. The number of pyridine rings is 1. The number of alkyl halides is 2. The molecule has 1 fully saturated rings. The molecule has 0 saturated heterocycles. The summed E-state index contributed by atoms with van der Waals surface area (Å²) in [5.74, 6) is -3.64. The summed E-state index contributed by atoms with van der Waals surface area (Å²) in [6, 6.07) is 0.965. The minimum absolute atomic E-state index is 0.0713. The van der Waals surface area contributed by atoms with E-state index in [-0.39, 0.29) is 10.7 Å². The Morgan fingerprint density at radius 2 is 1.81 bits per heavy atom. The topological polar surface area (TPSA) is 38.9 Å². The zero-order chi connectivity index (χ0) is 12.1. The maximum atomic E-state index is 13.1. The summed E-state index contributed by atoms with van der Waals surface area (Å²) in [6.07, 6.45) is -1.13. The number of aromatic nitrogens is 1. The van der Waals surface area contributed by atoms with E-state index in [2.05, 4.69) is 4.98 Å². The zero-order valence-corrected chi connectivity index (χ0v) is 9.42. The van der Waals surface area contributed by atoms with Gasteiger partial charge >= 0.3 is 0 Å². The molecule has 0 amide bonds. The Hall–Kier alpha value is -0.520. The first-order chi connectivity index (χ1) is 7.23. The average molecular weight is 271 g/mol. The monoisotopic (exact) mass is 270 g/mol. The van der Waals surface area contributed by atoms with Crippen LogP contribution in [-0.2, 0) is 5.54 Å². The van der Waals surface area contributed by atoms with Crippen LogP contribution in [0.2, 0.25) is 10.3 Å². The summed E-state index contributed by atoms with van der Waals surface area (Å²) in [6.45, 7) is 0. The fraction of sp³-hybridized carbons (Fsp3) is 0.444. The molecule has 0 bridgehead atoms. The first-order valence-corrected chi connectivity index (χ1v) is 5.18. The second-order valence-electron chi connectivity index (χ2n) is 3.97.